The molecule has 0 amide bonds. The highest BCUT2D eigenvalue weighted by atomic mass is 16.5. The minimum absolute atomic E-state index is 0.210. The molecule has 2 nitrogen and oxygen atoms in total. The summed E-state index contributed by atoms with van der Waals surface area (Å²) in [5.41, 5.74) is 1.11. The first-order valence-corrected chi connectivity index (χ1v) is 7.28. The zero-order chi connectivity index (χ0) is 14.8. The maximum absolute atomic E-state index is 11.4. The Labute approximate surface area is 124 Å². The lowest BCUT2D eigenvalue weighted by Gasteiger charge is -2.20. The van der Waals surface area contributed by atoms with Crippen molar-refractivity contribution in [3.8, 4) is 0 Å². The third-order valence-electron chi connectivity index (χ3n) is 3.81. The number of hydrogen-bond acceptors (Lipinski definition) is 2. The molecule has 3 aromatic rings. The average Bonchev–Trinajstić information content (AvgIpc) is 2.50. The molecule has 0 saturated carbocycles. The van der Waals surface area contributed by atoms with Gasteiger partial charge in [0, 0.05) is 12.5 Å². The minimum atomic E-state index is -0.237. The third kappa shape index (κ3) is 2.49. The lowest BCUT2D eigenvalue weighted by molar-refractivity contribution is -0.146. The van der Waals surface area contributed by atoms with Crippen molar-refractivity contribution in [2.45, 2.75) is 26.4 Å². The zero-order valence-electron chi connectivity index (χ0n) is 12.3. The minimum Gasteiger partial charge on any atom is -0.458 e. The molecule has 0 N–H and O–H groups in total. The summed E-state index contributed by atoms with van der Waals surface area (Å²) >= 11 is 0. The predicted molar refractivity (Wildman–Crippen MR) is 86.3 cm³/mol. The smallest absolute Gasteiger partial charge is 0.303 e. The molecule has 3 rings (SSSR count). The van der Waals surface area contributed by atoms with Gasteiger partial charge in [0.05, 0.1) is 0 Å². The van der Waals surface area contributed by atoms with Crippen LogP contribution in [0.5, 0.6) is 0 Å². The number of ether oxygens (including phenoxy) is 1. The van der Waals surface area contributed by atoms with Gasteiger partial charge in [-0.3, -0.25) is 4.79 Å². The van der Waals surface area contributed by atoms with Gasteiger partial charge in [0.25, 0.3) is 0 Å². The molecule has 106 valence electrons. The van der Waals surface area contributed by atoms with Crippen molar-refractivity contribution in [2.75, 3.05) is 0 Å². The summed E-state index contributed by atoms with van der Waals surface area (Å²) in [6.07, 6.45) is 0.552. The van der Waals surface area contributed by atoms with E-state index in [0.717, 1.165) is 22.8 Å². The van der Waals surface area contributed by atoms with E-state index in [1.807, 2.05) is 31.2 Å². The lowest BCUT2D eigenvalue weighted by Crippen LogP contribution is -2.08. The summed E-state index contributed by atoms with van der Waals surface area (Å²) in [5.74, 6) is -0.237. The maximum atomic E-state index is 11.4. The molecule has 0 fully saturated rings. The Kier molecular flexibility index (Phi) is 3.61. The molecular weight excluding hydrogens is 260 g/mol. The van der Waals surface area contributed by atoms with Gasteiger partial charge in [-0.2, -0.15) is 0 Å². The van der Waals surface area contributed by atoms with Crippen LogP contribution < -0.4 is 0 Å². The van der Waals surface area contributed by atoms with Gasteiger partial charge in [0.2, 0.25) is 0 Å². The lowest BCUT2D eigenvalue weighted by atomic mass is 9.92. The summed E-state index contributed by atoms with van der Waals surface area (Å²) in [4.78, 5) is 11.4. The summed E-state index contributed by atoms with van der Waals surface area (Å²) in [5, 5.41) is 4.67. The van der Waals surface area contributed by atoms with Gasteiger partial charge in [0.1, 0.15) is 6.10 Å². The SMILES string of the molecule is CCC(OC(C)=O)c1c2ccccc2cc2ccccc12. The first-order chi connectivity index (χ1) is 10.2. The standard InChI is InChI=1S/C19H18O2/c1-3-18(21-13(2)20)19-16-10-6-4-8-14(16)12-15-9-5-7-11-17(15)19/h4-12,18H,3H2,1-2H3. The van der Waals surface area contributed by atoms with E-state index in [-0.39, 0.29) is 12.1 Å². The molecule has 0 radical (unpaired) electrons. The summed E-state index contributed by atoms with van der Waals surface area (Å²) in [7, 11) is 0. The fraction of sp³-hybridized carbons (Fsp3) is 0.211. The Bertz CT molecular complexity index is 751. The van der Waals surface area contributed by atoms with Crippen molar-refractivity contribution in [3.05, 3.63) is 60.2 Å². The molecule has 0 spiro atoms. The van der Waals surface area contributed by atoms with Gasteiger partial charge in [-0.15, -0.1) is 0 Å². The van der Waals surface area contributed by atoms with Gasteiger partial charge in [-0.1, -0.05) is 55.5 Å². The molecule has 0 aliphatic rings. The van der Waals surface area contributed by atoms with E-state index in [1.54, 1.807) is 0 Å². The largest absolute Gasteiger partial charge is 0.458 e. The number of benzene rings is 3. The van der Waals surface area contributed by atoms with E-state index in [1.165, 1.54) is 17.7 Å². The summed E-state index contributed by atoms with van der Waals surface area (Å²) < 4.78 is 5.56. The Morgan fingerprint density at radius 1 is 1.00 bits per heavy atom. The second kappa shape index (κ2) is 5.57. The second-order valence-corrected chi connectivity index (χ2v) is 5.24. The topological polar surface area (TPSA) is 26.3 Å². The van der Waals surface area contributed by atoms with Crippen LogP contribution in [0.3, 0.4) is 0 Å². The van der Waals surface area contributed by atoms with Crippen LogP contribution in [-0.2, 0) is 9.53 Å². The quantitative estimate of drug-likeness (QED) is 0.497. The van der Waals surface area contributed by atoms with Crippen molar-refractivity contribution >= 4 is 27.5 Å². The molecule has 0 aliphatic heterocycles. The highest BCUT2D eigenvalue weighted by Crippen LogP contribution is 2.35. The van der Waals surface area contributed by atoms with Crippen LogP contribution in [0.1, 0.15) is 31.9 Å². The molecule has 2 heteroatoms. The van der Waals surface area contributed by atoms with E-state index in [0.29, 0.717) is 0 Å². The van der Waals surface area contributed by atoms with Crippen molar-refractivity contribution < 1.29 is 9.53 Å². The Morgan fingerprint density at radius 3 is 2.00 bits per heavy atom. The van der Waals surface area contributed by atoms with E-state index in [2.05, 4.69) is 30.3 Å². The van der Waals surface area contributed by atoms with Crippen LogP contribution in [0.2, 0.25) is 0 Å². The number of esters is 1. The van der Waals surface area contributed by atoms with E-state index in [4.69, 9.17) is 4.74 Å². The zero-order valence-corrected chi connectivity index (χ0v) is 12.3. The number of carbonyl (C=O) groups excluding carboxylic acids is 1. The first kappa shape index (κ1) is 13.6. The summed E-state index contributed by atoms with van der Waals surface area (Å²) in [6, 6.07) is 18.7. The highest BCUT2D eigenvalue weighted by Gasteiger charge is 2.18. The summed E-state index contributed by atoms with van der Waals surface area (Å²) in [6.45, 7) is 3.51. The van der Waals surface area contributed by atoms with E-state index in [9.17, 15) is 4.79 Å². The number of hydrogen-bond donors (Lipinski definition) is 0. The average molecular weight is 278 g/mol. The Balaban J connectivity index is 2.36. The van der Waals surface area contributed by atoms with Gasteiger partial charge < -0.3 is 4.74 Å². The molecule has 0 aliphatic carbocycles. The molecule has 0 aromatic heterocycles. The highest BCUT2D eigenvalue weighted by molar-refractivity contribution is 6.02. The van der Waals surface area contributed by atoms with Gasteiger partial charge in [0.15, 0.2) is 0 Å². The fourth-order valence-electron chi connectivity index (χ4n) is 2.94. The van der Waals surface area contributed by atoms with Crippen molar-refractivity contribution in [1.82, 2.24) is 0 Å². The maximum Gasteiger partial charge on any atom is 0.303 e. The van der Waals surface area contributed by atoms with Crippen LogP contribution in [-0.4, -0.2) is 5.97 Å². The Morgan fingerprint density at radius 2 is 1.52 bits per heavy atom. The van der Waals surface area contributed by atoms with Gasteiger partial charge >= 0.3 is 5.97 Å². The predicted octanol–water partition coefficient (Wildman–Crippen LogP) is 5.01. The number of carbonyl (C=O) groups is 1. The van der Waals surface area contributed by atoms with Crippen LogP contribution in [0.25, 0.3) is 21.5 Å². The normalized spacial score (nSPS) is 12.5. The molecule has 0 heterocycles. The number of fused-ring (bicyclic) bond motifs is 2. The molecule has 21 heavy (non-hydrogen) atoms. The first-order valence-electron chi connectivity index (χ1n) is 7.28. The molecule has 3 aromatic carbocycles. The fourth-order valence-corrected chi connectivity index (χ4v) is 2.94. The van der Waals surface area contributed by atoms with E-state index < -0.39 is 0 Å². The van der Waals surface area contributed by atoms with E-state index >= 15 is 0 Å². The molecule has 1 atom stereocenters. The molecule has 1 unspecified atom stereocenters. The van der Waals surface area contributed by atoms with Crippen molar-refractivity contribution in [2.24, 2.45) is 0 Å². The van der Waals surface area contributed by atoms with Crippen LogP contribution in [0, 0.1) is 0 Å². The Hall–Kier alpha value is -2.35. The second-order valence-electron chi connectivity index (χ2n) is 5.24. The van der Waals surface area contributed by atoms with Gasteiger partial charge in [-0.05, 0) is 34.0 Å². The van der Waals surface area contributed by atoms with Crippen LogP contribution in [0.15, 0.2) is 54.6 Å². The number of rotatable bonds is 3. The van der Waals surface area contributed by atoms with Crippen molar-refractivity contribution in [1.29, 1.82) is 0 Å². The van der Waals surface area contributed by atoms with Crippen LogP contribution >= 0.6 is 0 Å². The van der Waals surface area contributed by atoms with Crippen LogP contribution in [0.4, 0.5) is 0 Å². The third-order valence-corrected chi connectivity index (χ3v) is 3.81. The monoisotopic (exact) mass is 278 g/mol. The van der Waals surface area contributed by atoms with Crippen molar-refractivity contribution in [3.63, 3.8) is 0 Å². The molecular formula is C19H18O2. The molecule has 0 saturated heterocycles. The van der Waals surface area contributed by atoms with Gasteiger partial charge in [-0.25, -0.2) is 0 Å². The molecule has 0 bridgehead atoms.